The van der Waals surface area contributed by atoms with Crippen molar-refractivity contribution >= 4 is 23.4 Å². The second-order valence-electron chi connectivity index (χ2n) is 4.69. The van der Waals surface area contributed by atoms with Gasteiger partial charge in [-0.2, -0.15) is 0 Å². The molecule has 0 aromatic carbocycles. The molecule has 0 saturated carbocycles. The van der Waals surface area contributed by atoms with Crippen molar-refractivity contribution in [2.75, 3.05) is 31.1 Å². The molecule has 1 aromatic heterocycles. The van der Waals surface area contributed by atoms with Gasteiger partial charge in [-0.3, -0.25) is 4.79 Å². The normalized spacial score (nSPS) is 19.4. The van der Waals surface area contributed by atoms with E-state index in [4.69, 9.17) is 16.7 Å². The van der Waals surface area contributed by atoms with Crippen molar-refractivity contribution in [2.24, 2.45) is 5.92 Å². The summed E-state index contributed by atoms with van der Waals surface area (Å²) in [5, 5.41) is 19.9. The molecule has 104 valence electrons. The number of anilines is 1. The van der Waals surface area contributed by atoms with E-state index in [1.54, 1.807) is 6.07 Å². The number of carboxylic acids is 1. The van der Waals surface area contributed by atoms with Gasteiger partial charge in [-0.05, 0) is 30.9 Å². The van der Waals surface area contributed by atoms with Crippen molar-refractivity contribution in [3.63, 3.8) is 0 Å². The number of nitrogens with zero attached hydrogens (tertiary/aromatic N) is 3. The first kappa shape index (κ1) is 14.0. The van der Waals surface area contributed by atoms with Crippen LogP contribution in [-0.4, -0.2) is 47.5 Å². The Balaban J connectivity index is 1.86. The van der Waals surface area contributed by atoms with Crippen LogP contribution in [0, 0.1) is 5.92 Å². The predicted octanol–water partition coefficient (Wildman–Crippen LogP) is 1.02. The number of rotatable bonds is 5. The third-order valence-corrected chi connectivity index (χ3v) is 3.37. The summed E-state index contributed by atoms with van der Waals surface area (Å²) in [7, 11) is 0. The second kappa shape index (κ2) is 6.68. The molecule has 1 atom stereocenters. The first-order valence-electron chi connectivity index (χ1n) is 6.32. The third kappa shape index (κ3) is 4.33. The summed E-state index contributed by atoms with van der Waals surface area (Å²) >= 11 is 5.72. The fourth-order valence-corrected chi connectivity index (χ4v) is 2.40. The number of nitrogens with one attached hydrogen (secondary N) is 1. The minimum absolute atomic E-state index is 0.0112. The largest absolute Gasteiger partial charge is 0.480 e. The Hall–Kier alpha value is -1.40. The lowest BCUT2D eigenvalue weighted by molar-refractivity contribution is -0.136. The van der Waals surface area contributed by atoms with Crippen molar-refractivity contribution < 1.29 is 9.90 Å². The fourth-order valence-electron chi connectivity index (χ4n) is 2.30. The van der Waals surface area contributed by atoms with Gasteiger partial charge in [0.05, 0.1) is 6.54 Å². The van der Waals surface area contributed by atoms with Gasteiger partial charge >= 0.3 is 5.97 Å². The SMILES string of the molecule is O=C(O)CNCC1CCCN(c2ccc(Cl)nn2)C1. The highest BCUT2D eigenvalue weighted by Gasteiger charge is 2.21. The summed E-state index contributed by atoms with van der Waals surface area (Å²) < 4.78 is 0. The van der Waals surface area contributed by atoms with Crippen LogP contribution in [0.4, 0.5) is 5.82 Å². The first-order chi connectivity index (χ1) is 9.15. The van der Waals surface area contributed by atoms with E-state index in [1.165, 1.54) is 0 Å². The minimum atomic E-state index is -0.823. The molecule has 1 aliphatic heterocycles. The van der Waals surface area contributed by atoms with Crippen molar-refractivity contribution in [2.45, 2.75) is 12.8 Å². The zero-order valence-electron chi connectivity index (χ0n) is 10.5. The topological polar surface area (TPSA) is 78.4 Å². The highest BCUT2D eigenvalue weighted by atomic mass is 35.5. The Morgan fingerprint density at radius 3 is 3.05 bits per heavy atom. The average molecular weight is 285 g/mol. The van der Waals surface area contributed by atoms with Crippen LogP contribution in [0.3, 0.4) is 0 Å². The molecular weight excluding hydrogens is 268 g/mol. The standard InChI is InChI=1S/C12H17ClN4O2/c13-10-3-4-11(16-15-10)17-5-1-2-9(8-17)6-14-7-12(18)19/h3-4,9,14H,1-2,5-8H2,(H,18,19). The Morgan fingerprint density at radius 1 is 1.53 bits per heavy atom. The number of aliphatic carboxylic acids is 1. The molecule has 7 heteroatoms. The summed E-state index contributed by atoms with van der Waals surface area (Å²) in [5.74, 6) is 0.439. The zero-order valence-corrected chi connectivity index (χ0v) is 11.3. The summed E-state index contributed by atoms with van der Waals surface area (Å²) in [4.78, 5) is 12.6. The summed E-state index contributed by atoms with van der Waals surface area (Å²) in [6.07, 6.45) is 2.17. The molecule has 1 fully saturated rings. The van der Waals surface area contributed by atoms with E-state index in [2.05, 4.69) is 20.4 Å². The molecule has 1 saturated heterocycles. The summed E-state index contributed by atoms with van der Waals surface area (Å²) in [6, 6.07) is 3.60. The van der Waals surface area contributed by atoms with Crippen LogP contribution in [0.25, 0.3) is 0 Å². The Labute approximate surface area is 116 Å². The van der Waals surface area contributed by atoms with Crippen LogP contribution < -0.4 is 10.2 Å². The van der Waals surface area contributed by atoms with E-state index in [0.717, 1.165) is 31.7 Å². The van der Waals surface area contributed by atoms with Crippen molar-refractivity contribution in [1.82, 2.24) is 15.5 Å². The Kier molecular flexibility index (Phi) is 4.93. The maximum Gasteiger partial charge on any atom is 0.317 e. The maximum atomic E-state index is 10.5. The average Bonchev–Trinajstić information content (AvgIpc) is 2.39. The molecule has 2 heterocycles. The molecular formula is C12H17ClN4O2. The number of piperidine rings is 1. The van der Waals surface area contributed by atoms with Gasteiger partial charge in [0.2, 0.25) is 0 Å². The van der Waals surface area contributed by atoms with Gasteiger partial charge in [0, 0.05) is 19.6 Å². The van der Waals surface area contributed by atoms with Gasteiger partial charge in [0.1, 0.15) is 0 Å². The molecule has 0 amide bonds. The lowest BCUT2D eigenvalue weighted by Gasteiger charge is -2.33. The smallest absolute Gasteiger partial charge is 0.317 e. The quantitative estimate of drug-likeness (QED) is 0.840. The highest BCUT2D eigenvalue weighted by molar-refractivity contribution is 6.29. The van der Waals surface area contributed by atoms with Gasteiger partial charge in [0.15, 0.2) is 11.0 Å². The Morgan fingerprint density at radius 2 is 2.37 bits per heavy atom. The number of aromatic nitrogens is 2. The maximum absolute atomic E-state index is 10.5. The molecule has 6 nitrogen and oxygen atoms in total. The van der Waals surface area contributed by atoms with Gasteiger partial charge in [-0.25, -0.2) is 0 Å². The van der Waals surface area contributed by atoms with Gasteiger partial charge < -0.3 is 15.3 Å². The van der Waals surface area contributed by atoms with E-state index >= 15 is 0 Å². The highest BCUT2D eigenvalue weighted by Crippen LogP contribution is 2.21. The molecule has 2 rings (SSSR count). The van der Waals surface area contributed by atoms with E-state index in [0.29, 0.717) is 17.6 Å². The monoisotopic (exact) mass is 284 g/mol. The van der Waals surface area contributed by atoms with E-state index in [-0.39, 0.29) is 6.54 Å². The molecule has 19 heavy (non-hydrogen) atoms. The number of carbonyl (C=O) groups is 1. The van der Waals surface area contributed by atoms with Crippen LogP contribution in [0.1, 0.15) is 12.8 Å². The number of hydrogen-bond donors (Lipinski definition) is 2. The van der Waals surface area contributed by atoms with E-state index < -0.39 is 5.97 Å². The summed E-state index contributed by atoms with van der Waals surface area (Å²) in [6.45, 7) is 2.54. The van der Waals surface area contributed by atoms with Gasteiger partial charge in [0.25, 0.3) is 0 Å². The lowest BCUT2D eigenvalue weighted by atomic mass is 9.98. The number of hydrogen-bond acceptors (Lipinski definition) is 5. The molecule has 0 spiro atoms. The molecule has 0 radical (unpaired) electrons. The molecule has 1 aliphatic rings. The van der Waals surface area contributed by atoms with Gasteiger partial charge in [-0.1, -0.05) is 11.6 Å². The summed E-state index contributed by atoms with van der Waals surface area (Å²) in [5.41, 5.74) is 0. The van der Waals surface area contributed by atoms with Crippen molar-refractivity contribution in [3.05, 3.63) is 17.3 Å². The second-order valence-corrected chi connectivity index (χ2v) is 5.08. The first-order valence-corrected chi connectivity index (χ1v) is 6.69. The van der Waals surface area contributed by atoms with Gasteiger partial charge in [-0.15, -0.1) is 10.2 Å². The fraction of sp³-hybridized carbons (Fsp3) is 0.583. The zero-order chi connectivity index (χ0) is 13.7. The molecule has 0 aliphatic carbocycles. The van der Waals surface area contributed by atoms with Crippen LogP contribution >= 0.6 is 11.6 Å². The van der Waals surface area contributed by atoms with E-state index in [1.807, 2.05) is 6.07 Å². The molecule has 1 unspecified atom stereocenters. The minimum Gasteiger partial charge on any atom is -0.480 e. The van der Waals surface area contributed by atoms with Crippen LogP contribution in [-0.2, 0) is 4.79 Å². The van der Waals surface area contributed by atoms with Crippen LogP contribution in [0.15, 0.2) is 12.1 Å². The molecule has 1 aromatic rings. The van der Waals surface area contributed by atoms with Crippen molar-refractivity contribution in [1.29, 1.82) is 0 Å². The van der Waals surface area contributed by atoms with E-state index in [9.17, 15) is 4.79 Å². The molecule has 0 bridgehead atoms. The molecule has 2 N–H and O–H groups in total. The van der Waals surface area contributed by atoms with Crippen molar-refractivity contribution in [3.8, 4) is 0 Å². The lowest BCUT2D eigenvalue weighted by Crippen LogP contribution is -2.41. The van der Waals surface area contributed by atoms with Crippen LogP contribution in [0.2, 0.25) is 5.15 Å². The van der Waals surface area contributed by atoms with Crippen LogP contribution in [0.5, 0.6) is 0 Å². The third-order valence-electron chi connectivity index (χ3n) is 3.17. The Bertz CT molecular complexity index is 426. The number of carboxylic acid groups (broad SMARTS) is 1. The predicted molar refractivity (Wildman–Crippen MR) is 72.5 cm³/mol. The number of halogens is 1.